The van der Waals surface area contributed by atoms with E-state index >= 15 is 0 Å². The molecule has 0 fully saturated rings. The first kappa shape index (κ1) is 15.4. The summed E-state index contributed by atoms with van der Waals surface area (Å²) in [6, 6.07) is 1.67. The van der Waals surface area contributed by atoms with Gasteiger partial charge in [0.2, 0.25) is 11.7 Å². The highest BCUT2D eigenvalue weighted by atomic mass is 16.5. The fourth-order valence-electron chi connectivity index (χ4n) is 4.11. The van der Waals surface area contributed by atoms with E-state index in [1.807, 2.05) is 24.9 Å². The van der Waals surface area contributed by atoms with Gasteiger partial charge in [0.15, 0.2) is 5.43 Å². The molecule has 0 aliphatic carbocycles. The number of anilines is 1. The number of nitrogens with one attached hydrogen (secondary N) is 1. The normalized spacial score (nSPS) is 18.5. The monoisotopic (exact) mass is 352 g/mol. The molecule has 1 atom stereocenters. The third-order valence-electron chi connectivity index (χ3n) is 5.48. The van der Waals surface area contributed by atoms with Crippen LogP contribution in [0.25, 0.3) is 11.4 Å². The highest BCUT2D eigenvalue weighted by Crippen LogP contribution is 2.31. The zero-order chi connectivity index (χ0) is 17.8. The first-order chi connectivity index (χ1) is 12.6. The fraction of sp³-hybridized carbons (Fsp3) is 0.444. The SMILES string of the molecule is Cc1cc(=O)c(-c2noc(C3CNc4cnn(C)c4C3)n2)c2n1CCC2. The quantitative estimate of drug-likeness (QED) is 0.754. The van der Waals surface area contributed by atoms with Gasteiger partial charge in [0.05, 0.1) is 29.1 Å². The van der Waals surface area contributed by atoms with Gasteiger partial charge in [0, 0.05) is 44.0 Å². The number of nitrogens with zero attached hydrogens (tertiary/aromatic N) is 5. The minimum absolute atomic E-state index is 0.0290. The number of aromatic nitrogens is 5. The van der Waals surface area contributed by atoms with Gasteiger partial charge in [-0.05, 0) is 19.8 Å². The van der Waals surface area contributed by atoms with Gasteiger partial charge in [-0.2, -0.15) is 10.1 Å². The second kappa shape index (κ2) is 5.55. The molecule has 8 nitrogen and oxygen atoms in total. The topological polar surface area (TPSA) is 90.8 Å². The lowest BCUT2D eigenvalue weighted by molar-refractivity contribution is 0.352. The van der Waals surface area contributed by atoms with Crippen LogP contribution in [0.2, 0.25) is 0 Å². The van der Waals surface area contributed by atoms with Crippen molar-refractivity contribution in [3.63, 3.8) is 0 Å². The van der Waals surface area contributed by atoms with Crippen LogP contribution in [-0.4, -0.2) is 31.0 Å². The number of rotatable bonds is 2. The predicted molar refractivity (Wildman–Crippen MR) is 95.2 cm³/mol. The highest BCUT2D eigenvalue weighted by Gasteiger charge is 2.29. The number of aryl methyl sites for hydroxylation is 2. The van der Waals surface area contributed by atoms with Gasteiger partial charge in [-0.3, -0.25) is 9.48 Å². The van der Waals surface area contributed by atoms with E-state index < -0.39 is 0 Å². The zero-order valence-electron chi connectivity index (χ0n) is 14.8. The Balaban J connectivity index is 1.52. The summed E-state index contributed by atoms with van der Waals surface area (Å²) in [4.78, 5) is 17.2. The molecule has 0 amide bonds. The van der Waals surface area contributed by atoms with Crippen molar-refractivity contribution in [3.8, 4) is 11.4 Å². The lowest BCUT2D eigenvalue weighted by atomic mass is 9.98. The summed E-state index contributed by atoms with van der Waals surface area (Å²) in [6.45, 7) is 3.63. The molecule has 0 bridgehead atoms. The lowest BCUT2D eigenvalue weighted by Crippen LogP contribution is -2.22. The van der Waals surface area contributed by atoms with E-state index in [4.69, 9.17) is 4.52 Å². The summed E-state index contributed by atoms with van der Waals surface area (Å²) in [5.41, 5.74) is 4.76. The molecule has 0 saturated carbocycles. The molecule has 5 heterocycles. The van der Waals surface area contributed by atoms with Crippen molar-refractivity contribution in [3.05, 3.63) is 45.5 Å². The van der Waals surface area contributed by atoms with Gasteiger partial charge in [-0.1, -0.05) is 5.16 Å². The average molecular weight is 352 g/mol. The summed E-state index contributed by atoms with van der Waals surface area (Å²) < 4.78 is 9.61. The maximum atomic E-state index is 12.6. The molecule has 1 unspecified atom stereocenters. The molecule has 3 aromatic heterocycles. The molecule has 3 aromatic rings. The van der Waals surface area contributed by atoms with Gasteiger partial charge in [-0.25, -0.2) is 0 Å². The second-order valence-electron chi connectivity index (χ2n) is 7.09. The standard InChI is InChI=1S/C18H20N6O2/c1-10-6-15(25)16(13-4-3-5-24(10)13)17-21-18(26-22-17)11-7-14-12(19-8-11)9-20-23(14)2/h6,9,11,19H,3-5,7-8H2,1-2H3. The van der Waals surface area contributed by atoms with E-state index in [1.54, 1.807) is 6.07 Å². The van der Waals surface area contributed by atoms with E-state index in [2.05, 4.69) is 25.1 Å². The summed E-state index contributed by atoms with van der Waals surface area (Å²) in [5, 5.41) is 11.8. The molecule has 0 aromatic carbocycles. The maximum absolute atomic E-state index is 12.6. The van der Waals surface area contributed by atoms with Crippen molar-refractivity contribution in [2.24, 2.45) is 7.05 Å². The highest BCUT2D eigenvalue weighted by molar-refractivity contribution is 5.59. The molecule has 0 saturated heterocycles. The average Bonchev–Trinajstić information content (AvgIpc) is 3.35. The molecule has 0 radical (unpaired) electrons. The van der Waals surface area contributed by atoms with Crippen molar-refractivity contribution in [1.29, 1.82) is 0 Å². The van der Waals surface area contributed by atoms with Crippen LogP contribution in [0.3, 0.4) is 0 Å². The van der Waals surface area contributed by atoms with Gasteiger partial charge < -0.3 is 14.4 Å². The minimum atomic E-state index is -0.0290. The van der Waals surface area contributed by atoms with E-state index in [0.717, 1.165) is 48.6 Å². The molecule has 0 spiro atoms. The summed E-state index contributed by atoms with van der Waals surface area (Å²) in [6.07, 6.45) is 4.53. The van der Waals surface area contributed by atoms with Gasteiger partial charge >= 0.3 is 0 Å². The first-order valence-electron chi connectivity index (χ1n) is 8.94. The predicted octanol–water partition coefficient (Wildman–Crippen LogP) is 1.64. The van der Waals surface area contributed by atoms with Crippen LogP contribution in [0, 0.1) is 6.92 Å². The number of pyridine rings is 1. The Morgan fingerprint density at radius 2 is 2.23 bits per heavy atom. The van der Waals surface area contributed by atoms with Crippen molar-refractivity contribution >= 4 is 5.69 Å². The molecule has 2 aliphatic heterocycles. The van der Waals surface area contributed by atoms with Crippen LogP contribution < -0.4 is 10.7 Å². The summed E-state index contributed by atoms with van der Waals surface area (Å²) in [5.74, 6) is 1.04. The number of hydrogen-bond acceptors (Lipinski definition) is 6. The van der Waals surface area contributed by atoms with Crippen LogP contribution in [0.4, 0.5) is 5.69 Å². The Labute approximate surface area is 149 Å². The number of hydrogen-bond donors (Lipinski definition) is 1. The largest absolute Gasteiger partial charge is 0.381 e. The molecule has 134 valence electrons. The third kappa shape index (κ3) is 2.21. The Kier molecular flexibility index (Phi) is 3.28. The molecule has 26 heavy (non-hydrogen) atoms. The third-order valence-corrected chi connectivity index (χ3v) is 5.48. The smallest absolute Gasteiger partial charge is 0.232 e. The first-order valence-corrected chi connectivity index (χ1v) is 8.94. The Morgan fingerprint density at radius 3 is 3.12 bits per heavy atom. The minimum Gasteiger partial charge on any atom is -0.381 e. The van der Waals surface area contributed by atoms with Crippen molar-refractivity contribution in [2.45, 2.75) is 38.6 Å². The van der Waals surface area contributed by atoms with Crippen LogP contribution in [0.15, 0.2) is 21.6 Å². The molecule has 8 heteroatoms. The van der Waals surface area contributed by atoms with Crippen LogP contribution >= 0.6 is 0 Å². The zero-order valence-corrected chi connectivity index (χ0v) is 14.8. The molecular formula is C18H20N6O2. The Bertz CT molecular complexity index is 1060. The molecular weight excluding hydrogens is 332 g/mol. The van der Waals surface area contributed by atoms with E-state index in [0.29, 0.717) is 23.8 Å². The van der Waals surface area contributed by atoms with E-state index in [1.165, 1.54) is 0 Å². The maximum Gasteiger partial charge on any atom is 0.232 e. The van der Waals surface area contributed by atoms with Crippen molar-refractivity contribution < 1.29 is 4.52 Å². The molecule has 5 rings (SSSR count). The molecule has 2 aliphatic rings. The summed E-state index contributed by atoms with van der Waals surface area (Å²) in [7, 11) is 1.93. The van der Waals surface area contributed by atoms with Gasteiger partial charge in [-0.15, -0.1) is 0 Å². The number of fused-ring (bicyclic) bond motifs is 2. The van der Waals surface area contributed by atoms with Gasteiger partial charge in [0.25, 0.3) is 0 Å². The fourth-order valence-corrected chi connectivity index (χ4v) is 4.11. The Morgan fingerprint density at radius 1 is 1.35 bits per heavy atom. The van der Waals surface area contributed by atoms with E-state index in [-0.39, 0.29) is 11.3 Å². The van der Waals surface area contributed by atoms with Crippen LogP contribution in [0.1, 0.15) is 35.3 Å². The summed E-state index contributed by atoms with van der Waals surface area (Å²) >= 11 is 0. The van der Waals surface area contributed by atoms with Crippen molar-refractivity contribution in [1.82, 2.24) is 24.5 Å². The van der Waals surface area contributed by atoms with Crippen LogP contribution in [0.5, 0.6) is 0 Å². The second-order valence-corrected chi connectivity index (χ2v) is 7.09. The molecule has 1 N–H and O–H groups in total. The van der Waals surface area contributed by atoms with Gasteiger partial charge in [0.1, 0.15) is 0 Å². The lowest BCUT2D eigenvalue weighted by Gasteiger charge is -2.21. The van der Waals surface area contributed by atoms with E-state index in [9.17, 15) is 4.79 Å². The Hall–Kier alpha value is -2.90. The van der Waals surface area contributed by atoms with Crippen LogP contribution in [-0.2, 0) is 26.4 Å². The van der Waals surface area contributed by atoms with Crippen molar-refractivity contribution in [2.75, 3.05) is 11.9 Å².